The first-order chi connectivity index (χ1) is 14.2. The number of rotatable bonds is 5. The quantitative estimate of drug-likeness (QED) is 0.814. The van der Waals surface area contributed by atoms with Crippen molar-refractivity contribution >= 4 is 5.91 Å². The topological polar surface area (TPSA) is 62.8 Å². The minimum Gasteiger partial charge on any atom is -0.497 e. The number of nitrogens with one attached hydrogen (secondary N) is 2. The summed E-state index contributed by atoms with van der Waals surface area (Å²) in [5, 5.41) is 0. The van der Waals surface area contributed by atoms with Crippen LogP contribution in [0.2, 0.25) is 0 Å². The van der Waals surface area contributed by atoms with Crippen LogP contribution in [0.1, 0.15) is 41.2 Å². The first-order valence-corrected chi connectivity index (χ1v) is 10.3. The molecule has 2 heterocycles. The van der Waals surface area contributed by atoms with E-state index in [4.69, 9.17) is 9.47 Å². The monoisotopic (exact) mass is 395 g/mol. The van der Waals surface area contributed by atoms with Crippen LogP contribution in [0.15, 0.2) is 48.5 Å². The number of para-hydroxylation sites is 1. The Morgan fingerprint density at radius 3 is 2.55 bits per heavy atom. The van der Waals surface area contributed by atoms with E-state index in [0.717, 1.165) is 38.1 Å². The highest BCUT2D eigenvalue weighted by molar-refractivity contribution is 5.97. The van der Waals surface area contributed by atoms with Crippen LogP contribution in [-0.4, -0.2) is 44.2 Å². The third-order valence-corrected chi connectivity index (χ3v) is 6.16. The van der Waals surface area contributed by atoms with Gasteiger partial charge in [0.15, 0.2) is 0 Å². The molecule has 2 fully saturated rings. The number of amides is 1. The lowest BCUT2D eigenvalue weighted by Gasteiger charge is -2.34. The third-order valence-electron chi connectivity index (χ3n) is 6.16. The van der Waals surface area contributed by atoms with Gasteiger partial charge in [-0.1, -0.05) is 24.3 Å². The van der Waals surface area contributed by atoms with Gasteiger partial charge >= 0.3 is 0 Å². The summed E-state index contributed by atoms with van der Waals surface area (Å²) >= 11 is 0. The van der Waals surface area contributed by atoms with Crippen LogP contribution in [0.4, 0.5) is 0 Å². The van der Waals surface area contributed by atoms with Crippen molar-refractivity contribution in [2.24, 2.45) is 5.92 Å². The molecule has 0 aromatic heterocycles. The summed E-state index contributed by atoms with van der Waals surface area (Å²) in [5.41, 5.74) is 8.82. The van der Waals surface area contributed by atoms with E-state index in [1.165, 1.54) is 5.56 Å². The number of hydrogen-bond acceptors (Lipinski definition) is 5. The van der Waals surface area contributed by atoms with Gasteiger partial charge in [-0.15, -0.1) is 0 Å². The van der Waals surface area contributed by atoms with Gasteiger partial charge in [0.2, 0.25) is 0 Å². The Bertz CT molecular complexity index is 849. The van der Waals surface area contributed by atoms with Gasteiger partial charge in [0.25, 0.3) is 5.91 Å². The second kappa shape index (κ2) is 8.84. The van der Waals surface area contributed by atoms with Crippen LogP contribution >= 0.6 is 0 Å². The van der Waals surface area contributed by atoms with Gasteiger partial charge in [0, 0.05) is 25.2 Å². The molecule has 0 aliphatic carbocycles. The zero-order valence-corrected chi connectivity index (χ0v) is 17.1. The largest absolute Gasteiger partial charge is 0.497 e. The summed E-state index contributed by atoms with van der Waals surface area (Å²) in [6.45, 7) is 1.56. The Morgan fingerprint density at radius 1 is 1.00 bits per heavy atom. The van der Waals surface area contributed by atoms with Gasteiger partial charge in [-0.25, -0.2) is 0 Å². The van der Waals surface area contributed by atoms with E-state index in [1.54, 1.807) is 14.2 Å². The second-order valence-corrected chi connectivity index (χ2v) is 7.79. The molecule has 6 heteroatoms. The number of hydrogen-bond donors (Lipinski definition) is 2. The summed E-state index contributed by atoms with van der Waals surface area (Å²) < 4.78 is 10.7. The van der Waals surface area contributed by atoms with Gasteiger partial charge in [-0.05, 0) is 55.0 Å². The summed E-state index contributed by atoms with van der Waals surface area (Å²) in [6, 6.07) is 16.4. The van der Waals surface area contributed by atoms with Crippen molar-refractivity contribution in [1.29, 1.82) is 0 Å². The molecule has 4 rings (SSSR count). The van der Waals surface area contributed by atoms with Crippen molar-refractivity contribution in [1.82, 2.24) is 15.8 Å². The zero-order valence-electron chi connectivity index (χ0n) is 17.1. The molecule has 29 heavy (non-hydrogen) atoms. The number of piperidine rings is 1. The molecule has 2 aliphatic rings. The zero-order chi connectivity index (χ0) is 20.2. The molecule has 2 aromatic carbocycles. The molecule has 1 amide bonds. The molecule has 6 nitrogen and oxygen atoms in total. The van der Waals surface area contributed by atoms with Crippen LogP contribution < -0.4 is 20.3 Å². The van der Waals surface area contributed by atoms with Crippen molar-refractivity contribution in [3.63, 3.8) is 0 Å². The number of carbonyl (C=O) groups excluding carboxylic acids is 1. The van der Waals surface area contributed by atoms with Crippen LogP contribution in [0.25, 0.3) is 0 Å². The Kier molecular flexibility index (Phi) is 6.02. The first-order valence-electron chi connectivity index (χ1n) is 10.3. The molecule has 2 aliphatic heterocycles. The fourth-order valence-corrected chi connectivity index (χ4v) is 4.46. The van der Waals surface area contributed by atoms with E-state index in [2.05, 4.69) is 23.0 Å². The number of benzene rings is 2. The maximum absolute atomic E-state index is 12.9. The molecular formula is C23H29N3O3. The van der Waals surface area contributed by atoms with E-state index in [0.29, 0.717) is 23.3 Å². The predicted octanol–water partition coefficient (Wildman–Crippen LogP) is 3.16. The molecule has 154 valence electrons. The lowest BCUT2D eigenvalue weighted by atomic mass is 9.86. The molecule has 0 spiro atoms. The lowest BCUT2D eigenvalue weighted by Crippen LogP contribution is -2.44. The smallest absolute Gasteiger partial charge is 0.257 e. The minimum absolute atomic E-state index is 0.0627. The SMILES string of the molecule is COc1cccc(C2CC(C3CCN(C(=O)c4ccccc4OC)CC3)NN2)c1. The molecule has 2 atom stereocenters. The number of methoxy groups -OCH3 is 2. The molecule has 2 aromatic rings. The fourth-order valence-electron chi connectivity index (χ4n) is 4.46. The first kappa shape index (κ1) is 19.7. The molecule has 2 saturated heterocycles. The molecule has 2 unspecified atom stereocenters. The van der Waals surface area contributed by atoms with E-state index < -0.39 is 0 Å². The van der Waals surface area contributed by atoms with Crippen LogP contribution in [0.3, 0.4) is 0 Å². The second-order valence-electron chi connectivity index (χ2n) is 7.79. The lowest BCUT2D eigenvalue weighted by molar-refractivity contribution is 0.0670. The van der Waals surface area contributed by atoms with Crippen LogP contribution in [0.5, 0.6) is 11.5 Å². The fraction of sp³-hybridized carbons (Fsp3) is 0.435. The number of ether oxygens (including phenoxy) is 2. The highest BCUT2D eigenvalue weighted by Gasteiger charge is 2.34. The van der Waals surface area contributed by atoms with E-state index in [1.807, 2.05) is 41.3 Å². The van der Waals surface area contributed by atoms with E-state index in [-0.39, 0.29) is 11.9 Å². The van der Waals surface area contributed by atoms with Gasteiger partial charge in [-0.2, -0.15) is 0 Å². The van der Waals surface area contributed by atoms with Crippen LogP contribution in [0, 0.1) is 5.92 Å². The molecule has 2 N–H and O–H groups in total. The van der Waals surface area contributed by atoms with E-state index in [9.17, 15) is 4.79 Å². The third kappa shape index (κ3) is 4.23. The summed E-state index contributed by atoms with van der Waals surface area (Å²) in [5.74, 6) is 2.14. The Labute approximate surface area is 172 Å². The number of carbonyl (C=O) groups is 1. The summed E-state index contributed by atoms with van der Waals surface area (Å²) in [7, 11) is 3.30. The Balaban J connectivity index is 1.33. The molecular weight excluding hydrogens is 366 g/mol. The van der Waals surface area contributed by atoms with Crippen molar-refractivity contribution in [3.05, 3.63) is 59.7 Å². The van der Waals surface area contributed by atoms with Gasteiger partial charge in [0.1, 0.15) is 11.5 Å². The van der Waals surface area contributed by atoms with Crippen molar-refractivity contribution in [2.45, 2.75) is 31.3 Å². The van der Waals surface area contributed by atoms with Gasteiger partial charge in [-0.3, -0.25) is 15.6 Å². The van der Waals surface area contributed by atoms with Gasteiger partial charge < -0.3 is 14.4 Å². The van der Waals surface area contributed by atoms with Crippen LogP contribution in [-0.2, 0) is 0 Å². The average molecular weight is 396 g/mol. The minimum atomic E-state index is 0.0627. The van der Waals surface area contributed by atoms with Crippen molar-refractivity contribution in [3.8, 4) is 11.5 Å². The average Bonchev–Trinajstić information content (AvgIpc) is 3.29. The molecule has 0 bridgehead atoms. The number of hydrazine groups is 1. The maximum Gasteiger partial charge on any atom is 0.257 e. The summed E-state index contributed by atoms with van der Waals surface area (Å²) in [6.07, 6.45) is 3.05. The highest BCUT2D eigenvalue weighted by atomic mass is 16.5. The highest BCUT2D eigenvalue weighted by Crippen LogP contribution is 2.32. The molecule has 0 radical (unpaired) electrons. The standard InChI is InChI=1S/C23H29N3O3/c1-28-18-7-5-6-17(14-18)21-15-20(24-25-21)16-10-12-26(13-11-16)23(27)19-8-3-4-9-22(19)29-2/h3-9,14,16,20-21,24-25H,10-13,15H2,1-2H3. The summed E-state index contributed by atoms with van der Waals surface area (Å²) in [4.78, 5) is 14.9. The van der Waals surface area contributed by atoms with E-state index >= 15 is 0 Å². The van der Waals surface area contributed by atoms with Gasteiger partial charge in [0.05, 0.1) is 19.8 Å². The predicted molar refractivity (Wildman–Crippen MR) is 112 cm³/mol. The Hall–Kier alpha value is -2.57. The van der Waals surface area contributed by atoms with Crippen molar-refractivity contribution in [2.75, 3.05) is 27.3 Å². The normalized spacial score (nSPS) is 22.5. The van der Waals surface area contributed by atoms with Crippen molar-refractivity contribution < 1.29 is 14.3 Å². The number of likely N-dealkylation sites (tertiary alicyclic amines) is 1. The number of nitrogens with zero attached hydrogens (tertiary/aromatic N) is 1. The molecule has 0 saturated carbocycles. The maximum atomic E-state index is 12.9. The Morgan fingerprint density at radius 2 is 1.79 bits per heavy atom.